The van der Waals surface area contributed by atoms with Gasteiger partial charge in [-0.1, -0.05) is 23.7 Å². The Labute approximate surface area is 152 Å². The monoisotopic (exact) mass is 365 g/mol. The van der Waals surface area contributed by atoms with Crippen molar-refractivity contribution >= 4 is 23.5 Å². The fourth-order valence-corrected chi connectivity index (χ4v) is 3.99. The summed E-state index contributed by atoms with van der Waals surface area (Å²) >= 11 is 6.07. The average molecular weight is 366 g/mol. The van der Waals surface area contributed by atoms with Crippen LogP contribution in [0.15, 0.2) is 24.3 Å². The van der Waals surface area contributed by atoms with Gasteiger partial charge in [-0.25, -0.2) is 0 Å². The van der Waals surface area contributed by atoms with E-state index in [1.807, 2.05) is 36.1 Å². The summed E-state index contributed by atoms with van der Waals surface area (Å²) in [6.07, 6.45) is 2.31. The average Bonchev–Trinajstić information content (AvgIpc) is 2.61. The minimum absolute atomic E-state index is 0.0279. The molecule has 2 atom stereocenters. The molecule has 1 saturated carbocycles. The van der Waals surface area contributed by atoms with Crippen LogP contribution in [0, 0.1) is 11.8 Å². The lowest BCUT2D eigenvalue weighted by Crippen LogP contribution is -2.50. The Balaban J connectivity index is 1.66. The zero-order chi connectivity index (χ0) is 18.0. The van der Waals surface area contributed by atoms with Gasteiger partial charge >= 0.3 is 5.97 Å². The quantitative estimate of drug-likeness (QED) is 0.889. The van der Waals surface area contributed by atoms with Gasteiger partial charge in [-0.2, -0.15) is 0 Å². The third-order valence-electron chi connectivity index (χ3n) is 5.36. The molecule has 2 fully saturated rings. The van der Waals surface area contributed by atoms with Crippen molar-refractivity contribution in [3.63, 3.8) is 0 Å². The Morgan fingerprint density at radius 3 is 2.52 bits per heavy atom. The van der Waals surface area contributed by atoms with Crippen molar-refractivity contribution in [3.05, 3.63) is 34.9 Å². The second kappa shape index (κ2) is 7.75. The van der Waals surface area contributed by atoms with Gasteiger partial charge < -0.3 is 14.7 Å². The first-order valence-electron chi connectivity index (χ1n) is 8.86. The number of halogens is 1. The Hall–Kier alpha value is -1.59. The molecule has 1 amide bonds. The molecule has 0 spiro atoms. The van der Waals surface area contributed by atoms with Crippen molar-refractivity contribution in [2.24, 2.45) is 11.8 Å². The summed E-state index contributed by atoms with van der Waals surface area (Å²) in [5.74, 6) is -0.986. The Morgan fingerprint density at radius 1 is 1.20 bits per heavy atom. The number of carboxylic acids is 1. The summed E-state index contributed by atoms with van der Waals surface area (Å²) in [6, 6.07) is 7.58. The molecule has 1 aromatic carbocycles. The van der Waals surface area contributed by atoms with E-state index in [0.29, 0.717) is 43.9 Å². The van der Waals surface area contributed by atoms with Crippen LogP contribution < -0.4 is 0 Å². The number of morpholine rings is 1. The summed E-state index contributed by atoms with van der Waals surface area (Å²) in [6.45, 7) is 3.00. The van der Waals surface area contributed by atoms with Crippen LogP contribution in [0.25, 0.3) is 0 Å². The van der Waals surface area contributed by atoms with E-state index in [1.54, 1.807) is 0 Å². The summed E-state index contributed by atoms with van der Waals surface area (Å²) < 4.78 is 5.92. The van der Waals surface area contributed by atoms with Crippen LogP contribution in [0.3, 0.4) is 0 Å². The molecule has 3 rings (SSSR count). The van der Waals surface area contributed by atoms with Crippen molar-refractivity contribution < 1.29 is 19.4 Å². The number of carboxylic acid groups (broad SMARTS) is 1. The minimum Gasteiger partial charge on any atom is -0.481 e. The lowest BCUT2D eigenvalue weighted by atomic mass is 9.81. The van der Waals surface area contributed by atoms with Crippen molar-refractivity contribution in [1.29, 1.82) is 0 Å². The van der Waals surface area contributed by atoms with Crippen LogP contribution in [-0.4, -0.2) is 41.1 Å². The normalized spacial score (nSPS) is 30.1. The largest absolute Gasteiger partial charge is 0.481 e. The molecule has 2 aliphatic rings. The molecule has 1 aliphatic carbocycles. The molecule has 5 nitrogen and oxygen atoms in total. The highest BCUT2D eigenvalue weighted by Gasteiger charge is 2.36. The number of benzene rings is 1. The fraction of sp³-hybridized carbons (Fsp3) is 0.579. The second-order valence-electron chi connectivity index (χ2n) is 7.10. The molecule has 1 aromatic rings. The van der Waals surface area contributed by atoms with Gasteiger partial charge in [0.15, 0.2) is 0 Å². The smallest absolute Gasteiger partial charge is 0.306 e. The molecule has 1 heterocycles. The number of amides is 1. The van der Waals surface area contributed by atoms with E-state index in [1.165, 1.54) is 0 Å². The number of aliphatic carboxylic acids is 1. The van der Waals surface area contributed by atoms with E-state index < -0.39 is 5.97 Å². The fourth-order valence-electron chi connectivity index (χ4n) is 3.79. The van der Waals surface area contributed by atoms with Crippen LogP contribution in [0.4, 0.5) is 0 Å². The summed E-state index contributed by atoms with van der Waals surface area (Å²) in [5, 5.41) is 9.77. The van der Waals surface area contributed by atoms with Gasteiger partial charge in [0.1, 0.15) is 6.10 Å². The van der Waals surface area contributed by atoms with Gasteiger partial charge in [-0.3, -0.25) is 9.59 Å². The Bertz CT molecular complexity index is 642. The van der Waals surface area contributed by atoms with Gasteiger partial charge in [0.25, 0.3) is 0 Å². The van der Waals surface area contributed by atoms with Crippen LogP contribution in [0.1, 0.15) is 44.3 Å². The maximum atomic E-state index is 13.0. The zero-order valence-electron chi connectivity index (χ0n) is 14.4. The maximum Gasteiger partial charge on any atom is 0.306 e. The van der Waals surface area contributed by atoms with Gasteiger partial charge in [0.05, 0.1) is 25.1 Å². The van der Waals surface area contributed by atoms with E-state index in [-0.39, 0.29) is 29.9 Å². The molecule has 0 aromatic heterocycles. The molecule has 136 valence electrons. The summed E-state index contributed by atoms with van der Waals surface area (Å²) in [5.41, 5.74) is 0.979. The molecular formula is C19H24ClNO4. The molecule has 1 saturated heterocycles. The molecule has 0 radical (unpaired) electrons. The van der Waals surface area contributed by atoms with Gasteiger partial charge in [0.2, 0.25) is 5.91 Å². The third kappa shape index (κ3) is 4.15. The van der Waals surface area contributed by atoms with Gasteiger partial charge in [-0.15, -0.1) is 0 Å². The number of nitrogens with zero attached hydrogens (tertiary/aromatic N) is 1. The number of carbonyl (C=O) groups is 2. The molecule has 6 heteroatoms. The van der Waals surface area contributed by atoms with E-state index in [2.05, 4.69) is 0 Å². The zero-order valence-corrected chi connectivity index (χ0v) is 15.1. The van der Waals surface area contributed by atoms with Crippen LogP contribution in [0.2, 0.25) is 5.02 Å². The standard InChI is InChI=1S/C19H24ClNO4/c1-12-11-25-17(15-3-2-4-16(20)9-15)10-21(12)18(22)13-5-7-14(8-6-13)19(23)24/h2-4,9,12-14,17H,5-8,10-11H2,1H3,(H,23,24). The van der Waals surface area contributed by atoms with Crippen molar-refractivity contribution in [2.45, 2.75) is 44.8 Å². The van der Waals surface area contributed by atoms with Crippen LogP contribution in [-0.2, 0) is 14.3 Å². The lowest BCUT2D eigenvalue weighted by molar-refractivity contribution is -0.152. The third-order valence-corrected chi connectivity index (χ3v) is 5.60. The van der Waals surface area contributed by atoms with Crippen molar-refractivity contribution in [1.82, 2.24) is 4.90 Å². The second-order valence-corrected chi connectivity index (χ2v) is 7.54. The number of hydrogen-bond donors (Lipinski definition) is 1. The molecule has 0 bridgehead atoms. The Morgan fingerprint density at radius 2 is 1.88 bits per heavy atom. The summed E-state index contributed by atoms with van der Waals surface area (Å²) in [4.78, 5) is 26.0. The number of ether oxygens (including phenoxy) is 1. The maximum absolute atomic E-state index is 13.0. The number of carbonyl (C=O) groups excluding carboxylic acids is 1. The van der Waals surface area contributed by atoms with Gasteiger partial charge in [-0.05, 0) is 50.3 Å². The van der Waals surface area contributed by atoms with E-state index in [4.69, 9.17) is 21.4 Å². The van der Waals surface area contributed by atoms with Crippen molar-refractivity contribution in [3.8, 4) is 0 Å². The molecule has 1 N–H and O–H groups in total. The first-order valence-corrected chi connectivity index (χ1v) is 9.24. The highest BCUT2D eigenvalue weighted by molar-refractivity contribution is 6.30. The predicted molar refractivity (Wildman–Crippen MR) is 94.4 cm³/mol. The first-order chi connectivity index (χ1) is 12.0. The first kappa shape index (κ1) is 18.2. The SMILES string of the molecule is CC1COC(c2cccc(Cl)c2)CN1C(=O)C1CCC(C(=O)O)CC1. The Kier molecular flexibility index (Phi) is 5.64. The van der Waals surface area contributed by atoms with E-state index in [9.17, 15) is 9.59 Å². The van der Waals surface area contributed by atoms with Crippen LogP contribution in [0.5, 0.6) is 0 Å². The highest BCUT2D eigenvalue weighted by atomic mass is 35.5. The predicted octanol–water partition coefficient (Wildman–Crippen LogP) is 3.52. The molecular weight excluding hydrogens is 342 g/mol. The highest BCUT2D eigenvalue weighted by Crippen LogP contribution is 2.33. The van der Waals surface area contributed by atoms with Gasteiger partial charge in [0, 0.05) is 10.9 Å². The van der Waals surface area contributed by atoms with E-state index >= 15 is 0 Å². The van der Waals surface area contributed by atoms with Crippen LogP contribution >= 0.6 is 11.6 Å². The lowest BCUT2D eigenvalue weighted by Gasteiger charge is -2.40. The number of rotatable bonds is 3. The molecule has 2 unspecified atom stereocenters. The molecule has 25 heavy (non-hydrogen) atoms. The molecule has 1 aliphatic heterocycles. The summed E-state index contributed by atoms with van der Waals surface area (Å²) in [7, 11) is 0. The van der Waals surface area contributed by atoms with Crippen molar-refractivity contribution in [2.75, 3.05) is 13.2 Å². The topological polar surface area (TPSA) is 66.8 Å². The minimum atomic E-state index is -0.744. The van der Waals surface area contributed by atoms with E-state index in [0.717, 1.165) is 5.56 Å². The number of hydrogen-bond acceptors (Lipinski definition) is 3.